The summed E-state index contributed by atoms with van der Waals surface area (Å²) in [6.07, 6.45) is 1.85. The Morgan fingerprint density at radius 3 is 2.80 bits per heavy atom. The highest BCUT2D eigenvalue weighted by atomic mass is 19.1. The van der Waals surface area contributed by atoms with E-state index in [1.165, 1.54) is 11.3 Å². The van der Waals surface area contributed by atoms with E-state index >= 15 is 0 Å². The number of hydrogen-bond donors (Lipinski definition) is 1. The van der Waals surface area contributed by atoms with Crippen molar-refractivity contribution in [1.82, 2.24) is 0 Å². The Hall–Kier alpha value is -1.83. The standard InChI is InChI=1S/C18H20FN/c1-12-9-13(2)16(17(19)10-12)11-14-7-8-20-18-6-4-3-5-15(14)18/h3-6,9-10,14,20H,7-8,11H2,1-2H3. The summed E-state index contributed by atoms with van der Waals surface area (Å²) in [4.78, 5) is 0. The topological polar surface area (TPSA) is 12.0 Å². The van der Waals surface area contributed by atoms with Gasteiger partial charge in [-0.3, -0.25) is 0 Å². The Morgan fingerprint density at radius 2 is 2.00 bits per heavy atom. The monoisotopic (exact) mass is 269 g/mol. The molecule has 0 fully saturated rings. The van der Waals surface area contributed by atoms with E-state index in [2.05, 4.69) is 29.6 Å². The van der Waals surface area contributed by atoms with Crippen LogP contribution >= 0.6 is 0 Å². The van der Waals surface area contributed by atoms with E-state index in [0.29, 0.717) is 5.92 Å². The van der Waals surface area contributed by atoms with E-state index in [1.54, 1.807) is 6.07 Å². The first-order valence-electron chi connectivity index (χ1n) is 7.23. The van der Waals surface area contributed by atoms with Crippen molar-refractivity contribution in [2.75, 3.05) is 11.9 Å². The highest BCUT2D eigenvalue weighted by Crippen LogP contribution is 2.35. The second kappa shape index (κ2) is 5.28. The van der Waals surface area contributed by atoms with Gasteiger partial charge in [0.1, 0.15) is 5.82 Å². The van der Waals surface area contributed by atoms with Crippen molar-refractivity contribution in [2.24, 2.45) is 0 Å². The van der Waals surface area contributed by atoms with Crippen LogP contribution in [0.4, 0.5) is 10.1 Å². The fraction of sp³-hybridized carbons (Fsp3) is 0.333. The normalized spacial score (nSPS) is 17.4. The van der Waals surface area contributed by atoms with Gasteiger partial charge in [0.2, 0.25) is 0 Å². The smallest absolute Gasteiger partial charge is 0.126 e. The van der Waals surface area contributed by atoms with Crippen molar-refractivity contribution < 1.29 is 4.39 Å². The Balaban J connectivity index is 1.94. The fourth-order valence-electron chi connectivity index (χ4n) is 3.21. The van der Waals surface area contributed by atoms with Gasteiger partial charge in [0.05, 0.1) is 0 Å². The Labute approximate surface area is 119 Å². The fourth-order valence-corrected chi connectivity index (χ4v) is 3.21. The van der Waals surface area contributed by atoms with E-state index in [4.69, 9.17) is 0 Å². The van der Waals surface area contributed by atoms with Gasteiger partial charge in [-0.2, -0.15) is 0 Å². The molecule has 1 nitrogen and oxygen atoms in total. The minimum atomic E-state index is -0.0569. The average molecular weight is 269 g/mol. The van der Waals surface area contributed by atoms with Gasteiger partial charge in [-0.15, -0.1) is 0 Å². The second-order valence-electron chi connectivity index (χ2n) is 5.75. The summed E-state index contributed by atoms with van der Waals surface area (Å²) < 4.78 is 14.2. The second-order valence-corrected chi connectivity index (χ2v) is 5.75. The van der Waals surface area contributed by atoms with E-state index in [1.807, 2.05) is 19.9 Å². The molecule has 1 N–H and O–H groups in total. The van der Waals surface area contributed by atoms with Gasteiger partial charge < -0.3 is 5.32 Å². The maximum atomic E-state index is 14.2. The number of halogens is 1. The van der Waals surface area contributed by atoms with Crippen LogP contribution in [0.2, 0.25) is 0 Å². The van der Waals surface area contributed by atoms with Crippen molar-refractivity contribution in [3.05, 3.63) is 64.5 Å². The molecule has 1 unspecified atom stereocenters. The predicted octanol–water partition coefficient (Wildman–Crippen LogP) is 4.58. The summed E-state index contributed by atoms with van der Waals surface area (Å²) in [5.41, 5.74) is 5.46. The van der Waals surface area contributed by atoms with Crippen LogP contribution in [0.15, 0.2) is 36.4 Å². The molecule has 0 spiro atoms. The first-order valence-corrected chi connectivity index (χ1v) is 7.23. The molecular weight excluding hydrogens is 249 g/mol. The van der Waals surface area contributed by atoms with Crippen LogP contribution in [-0.2, 0) is 6.42 Å². The zero-order valence-electron chi connectivity index (χ0n) is 12.0. The van der Waals surface area contributed by atoms with Crippen LogP contribution in [-0.4, -0.2) is 6.54 Å². The van der Waals surface area contributed by atoms with Gasteiger partial charge in [0, 0.05) is 12.2 Å². The number of aryl methyl sites for hydroxylation is 2. The Bertz CT molecular complexity index is 610. The first-order chi connectivity index (χ1) is 9.65. The lowest BCUT2D eigenvalue weighted by molar-refractivity contribution is 0.568. The molecule has 1 aliphatic heterocycles. The molecule has 104 valence electrons. The van der Waals surface area contributed by atoms with Crippen LogP contribution in [0.1, 0.15) is 34.6 Å². The maximum absolute atomic E-state index is 14.2. The van der Waals surface area contributed by atoms with Crippen LogP contribution in [0.3, 0.4) is 0 Å². The largest absolute Gasteiger partial charge is 0.385 e. The van der Waals surface area contributed by atoms with Gasteiger partial charge in [-0.25, -0.2) is 4.39 Å². The molecule has 0 aliphatic carbocycles. The molecule has 2 heteroatoms. The molecule has 0 saturated carbocycles. The van der Waals surface area contributed by atoms with Crippen LogP contribution in [0, 0.1) is 19.7 Å². The molecule has 20 heavy (non-hydrogen) atoms. The lowest BCUT2D eigenvalue weighted by atomic mass is 9.84. The molecule has 0 saturated heterocycles. The third kappa shape index (κ3) is 2.43. The van der Waals surface area contributed by atoms with Crippen molar-refractivity contribution >= 4 is 5.69 Å². The molecule has 1 aliphatic rings. The number of para-hydroxylation sites is 1. The molecule has 0 bridgehead atoms. The molecule has 2 aromatic rings. The summed E-state index contributed by atoms with van der Waals surface area (Å²) in [5, 5.41) is 3.42. The number of anilines is 1. The predicted molar refractivity (Wildman–Crippen MR) is 81.9 cm³/mol. The summed E-state index contributed by atoms with van der Waals surface area (Å²) in [7, 11) is 0. The van der Waals surface area contributed by atoms with E-state index in [-0.39, 0.29) is 5.82 Å². The Morgan fingerprint density at radius 1 is 1.20 bits per heavy atom. The minimum Gasteiger partial charge on any atom is -0.385 e. The molecule has 1 atom stereocenters. The average Bonchev–Trinajstić information content (AvgIpc) is 2.43. The van der Waals surface area contributed by atoms with Crippen LogP contribution in [0.5, 0.6) is 0 Å². The summed E-state index contributed by atoms with van der Waals surface area (Å²) in [5.74, 6) is 0.349. The SMILES string of the molecule is Cc1cc(C)c(CC2CCNc3ccccc32)c(F)c1. The first kappa shape index (κ1) is 13.2. The zero-order chi connectivity index (χ0) is 14.1. The van der Waals surface area contributed by atoms with Crippen LogP contribution in [0.25, 0.3) is 0 Å². The number of nitrogens with one attached hydrogen (secondary N) is 1. The molecule has 2 aromatic carbocycles. The maximum Gasteiger partial charge on any atom is 0.126 e. The number of hydrogen-bond acceptors (Lipinski definition) is 1. The van der Waals surface area contributed by atoms with Crippen molar-refractivity contribution in [3.63, 3.8) is 0 Å². The van der Waals surface area contributed by atoms with Gasteiger partial charge >= 0.3 is 0 Å². The van der Waals surface area contributed by atoms with Gasteiger partial charge in [0.15, 0.2) is 0 Å². The van der Waals surface area contributed by atoms with Crippen molar-refractivity contribution in [3.8, 4) is 0 Å². The lowest BCUT2D eigenvalue weighted by Gasteiger charge is -2.27. The van der Waals surface area contributed by atoms with E-state index in [0.717, 1.165) is 36.1 Å². The van der Waals surface area contributed by atoms with Gasteiger partial charge in [-0.05, 0) is 67.0 Å². The quantitative estimate of drug-likeness (QED) is 0.841. The third-order valence-corrected chi connectivity index (χ3v) is 4.22. The molecule has 0 aromatic heterocycles. The molecule has 3 rings (SSSR count). The zero-order valence-corrected chi connectivity index (χ0v) is 12.0. The minimum absolute atomic E-state index is 0.0569. The van der Waals surface area contributed by atoms with Crippen molar-refractivity contribution in [1.29, 1.82) is 0 Å². The summed E-state index contributed by atoms with van der Waals surface area (Å²) in [6, 6.07) is 12.1. The molecule has 0 radical (unpaired) electrons. The highest BCUT2D eigenvalue weighted by Gasteiger charge is 2.21. The molecular formula is C18H20FN. The van der Waals surface area contributed by atoms with E-state index in [9.17, 15) is 4.39 Å². The third-order valence-electron chi connectivity index (χ3n) is 4.22. The van der Waals surface area contributed by atoms with Crippen LogP contribution < -0.4 is 5.32 Å². The summed E-state index contributed by atoms with van der Waals surface area (Å²) in [6.45, 7) is 4.92. The lowest BCUT2D eigenvalue weighted by Crippen LogP contribution is -2.19. The van der Waals surface area contributed by atoms with Crippen molar-refractivity contribution in [2.45, 2.75) is 32.6 Å². The Kier molecular flexibility index (Phi) is 3.47. The number of fused-ring (bicyclic) bond motifs is 1. The van der Waals surface area contributed by atoms with E-state index < -0.39 is 0 Å². The molecule has 0 amide bonds. The number of rotatable bonds is 2. The number of benzene rings is 2. The summed E-state index contributed by atoms with van der Waals surface area (Å²) >= 11 is 0. The van der Waals surface area contributed by atoms with Gasteiger partial charge in [0.25, 0.3) is 0 Å². The highest BCUT2D eigenvalue weighted by molar-refractivity contribution is 5.55. The molecule has 1 heterocycles. The van der Waals surface area contributed by atoms with Gasteiger partial charge in [-0.1, -0.05) is 24.3 Å².